The predicted molar refractivity (Wildman–Crippen MR) is 251 cm³/mol. The molecule has 0 atom stereocenters. The van der Waals surface area contributed by atoms with E-state index >= 15 is 0 Å². The summed E-state index contributed by atoms with van der Waals surface area (Å²) in [6.07, 6.45) is 0. The smallest absolute Gasteiger partial charge is 0.0701 e. The third kappa shape index (κ3) is 5.48. The first kappa shape index (κ1) is 35.7. The molecule has 2 heteroatoms. The van der Waals surface area contributed by atoms with E-state index in [2.05, 4.69) is 254 Å². The van der Waals surface area contributed by atoms with E-state index in [9.17, 15) is 0 Å². The molecule has 60 heavy (non-hydrogen) atoms. The van der Waals surface area contributed by atoms with Gasteiger partial charge in [0.1, 0.15) is 0 Å². The summed E-state index contributed by atoms with van der Waals surface area (Å²) in [6.45, 7) is 4.72. The lowest BCUT2D eigenvalue weighted by Gasteiger charge is -2.37. The summed E-state index contributed by atoms with van der Waals surface area (Å²) in [6, 6.07) is 84.7. The van der Waals surface area contributed by atoms with Crippen molar-refractivity contribution >= 4 is 38.9 Å². The molecule has 0 bridgehead atoms. The van der Waals surface area contributed by atoms with Crippen LogP contribution in [0.15, 0.2) is 231 Å². The van der Waals surface area contributed by atoms with Crippen molar-refractivity contribution in [1.29, 1.82) is 0 Å². The first-order chi connectivity index (χ1) is 29.5. The number of nitrogens with zero attached hydrogens (tertiary/aromatic N) is 2. The van der Waals surface area contributed by atoms with Gasteiger partial charge in [-0.3, -0.25) is 0 Å². The summed E-state index contributed by atoms with van der Waals surface area (Å²) in [5.41, 5.74) is 16.4. The van der Waals surface area contributed by atoms with Crippen molar-refractivity contribution in [3.05, 3.63) is 264 Å². The molecule has 0 saturated heterocycles. The maximum atomic E-state index is 2.45. The van der Waals surface area contributed by atoms with E-state index in [4.69, 9.17) is 0 Å². The van der Waals surface area contributed by atoms with Crippen LogP contribution >= 0.6 is 0 Å². The largest absolute Gasteiger partial charge is 0.310 e. The SMILES string of the molecule is CC1(C)c2ccccc2-c2ccc(N(c3ccc(C(c4ccccc4)(c4ccccc4)c4ccccc4)cc3)c3ccc4c5ccccc5n(-c5ccccc5)c4c3)cc21. The lowest BCUT2D eigenvalue weighted by Crippen LogP contribution is -2.31. The van der Waals surface area contributed by atoms with E-state index in [0.29, 0.717) is 0 Å². The van der Waals surface area contributed by atoms with E-state index in [0.717, 1.165) is 22.7 Å². The molecule has 0 fully saturated rings. The molecule has 1 aliphatic rings. The van der Waals surface area contributed by atoms with Crippen LogP contribution in [0, 0.1) is 0 Å². The van der Waals surface area contributed by atoms with Gasteiger partial charge in [-0.2, -0.15) is 0 Å². The number of benzene rings is 9. The van der Waals surface area contributed by atoms with Crippen LogP contribution in [-0.4, -0.2) is 4.57 Å². The van der Waals surface area contributed by atoms with Crippen LogP contribution in [0.25, 0.3) is 38.6 Å². The van der Waals surface area contributed by atoms with Gasteiger partial charge in [0.05, 0.1) is 16.4 Å². The Hall–Kier alpha value is -7.42. The van der Waals surface area contributed by atoms with Crippen LogP contribution in [0.2, 0.25) is 0 Å². The average Bonchev–Trinajstić information content (AvgIpc) is 3.76. The zero-order chi connectivity index (χ0) is 40.3. The van der Waals surface area contributed by atoms with Crippen LogP contribution < -0.4 is 4.90 Å². The maximum absolute atomic E-state index is 2.45. The summed E-state index contributed by atoms with van der Waals surface area (Å²) in [5, 5.41) is 2.48. The molecule has 9 aromatic carbocycles. The minimum atomic E-state index is -0.536. The highest BCUT2D eigenvalue weighted by Crippen LogP contribution is 2.51. The van der Waals surface area contributed by atoms with Crippen molar-refractivity contribution in [3.8, 4) is 16.8 Å². The van der Waals surface area contributed by atoms with Gasteiger partial charge in [-0.25, -0.2) is 0 Å². The zero-order valence-corrected chi connectivity index (χ0v) is 33.8. The fourth-order valence-electron chi connectivity index (χ4n) is 10.2. The number of anilines is 3. The van der Waals surface area contributed by atoms with E-state index < -0.39 is 5.41 Å². The monoisotopic (exact) mass is 768 g/mol. The van der Waals surface area contributed by atoms with Gasteiger partial charge in [0.2, 0.25) is 0 Å². The number of rotatable bonds is 8. The minimum absolute atomic E-state index is 0.137. The second kappa shape index (κ2) is 14.1. The highest BCUT2D eigenvalue weighted by atomic mass is 15.1. The molecule has 2 nitrogen and oxygen atoms in total. The standard InChI is InChI=1S/C58H44N2/c1-57(2)53-29-17-15-27-49(53)50-37-35-47(39-54(50)57)59(48-36-38-52-51-28-16-18-30-55(51)60(56(52)40-48)45-25-13-6-14-26-45)46-33-31-44(32-34-46)58(41-19-7-3-8-20-41,42-21-9-4-10-22-42)43-23-11-5-12-24-43/h3-40H,1-2H3. The van der Waals surface area contributed by atoms with E-state index in [1.54, 1.807) is 0 Å². The maximum Gasteiger partial charge on any atom is 0.0701 e. The molecule has 0 aliphatic heterocycles. The summed E-state index contributed by atoms with van der Waals surface area (Å²) in [7, 11) is 0. The summed E-state index contributed by atoms with van der Waals surface area (Å²) < 4.78 is 2.41. The second-order valence-electron chi connectivity index (χ2n) is 16.5. The van der Waals surface area contributed by atoms with Gasteiger partial charge < -0.3 is 9.47 Å². The van der Waals surface area contributed by atoms with Gasteiger partial charge in [-0.1, -0.05) is 190 Å². The summed E-state index contributed by atoms with van der Waals surface area (Å²) in [5.74, 6) is 0. The Morgan fingerprint density at radius 2 is 0.833 bits per heavy atom. The van der Waals surface area contributed by atoms with Gasteiger partial charge in [0, 0.05) is 38.9 Å². The molecule has 0 unspecified atom stereocenters. The van der Waals surface area contributed by atoms with Crippen LogP contribution in [-0.2, 0) is 10.8 Å². The summed E-state index contributed by atoms with van der Waals surface area (Å²) in [4.78, 5) is 2.45. The predicted octanol–water partition coefficient (Wildman–Crippen LogP) is 14.9. The first-order valence-electron chi connectivity index (χ1n) is 20.9. The summed E-state index contributed by atoms with van der Waals surface area (Å²) >= 11 is 0. The van der Waals surface area contributed by atoms with Gasteiger partial charge >= 0.3 is 0 Å². The van der Waals surface area contributed by atoms with E-state index in [1.807, 2.05) is 0 Å². The third-order valence-corrected chi connectivity index (χ3v) is 12.9. The Morgan fingerprint density at radius 3 is 1.48 bits per heavy atom. The van der Waals surface area contributed by atoms with Gasteiger partial charge in [0.15, 0.2) is 0 Å². The average molecular weight is 769 g/mol. The quantitative estimate of drug-likeness (QED) is 0.140. The van der Waals surface area contributed by atoms with Crippen LogP contribution in [0.3, 0.4) is 0 Å². The lowest BCUT2D eigenvalue weighted by atomic mass is 9.65. The van der Waals surface area contributed by atoms with Crippen molar-refractivity contribution < 1.29 is 0 Å². The molecular weight excluding hydrogens is 725 g/mol. The van der Waals surface area contributed by atoms with Crippen LogP contribution in [0.1, 0.15) is 47.2 Å². The molecule has 0 saturated carbocycles. The molecule has 0 N–H and O–H groups in total. The fourth-order valence-corrected chi connectivity index (χ4v) is 10.2. The van der Waals surface area contributed by atoms with E-state index in [1.165, 1.54) is 66.3 Å². The van der Waals surface area contributed by atoms with Crippen molar-refractivity contribution in [3.63, 3.8) is 0 Å². The number of hydrogen-bond acceptors (Lipinski definition) is 1. The third-order valence-electron chi connectivity index (χ3n) is 12.9. The number of hydrogen-bond donors (Lipinski definition) is 0. The Labute approximate surface area is 352 Å². The molecule has 0 spiro atoms. The molecule has 10 aromatic rings. The van der Waals surface area contributed by atoms with Gasteiger partial charge in [-0.15, -0.1) is 0 Å². The molecule has 1 heterocycles. The van der Waals surface area contributed by atoms with Crippen LogP contribution in [0.4, 0.5) is 17.1 Å². The van der Waals surface area contributed by atoms with E-state index in [-0.39, 0.29) is 5.41 Å². The lowest BCUT2D eigenvalue weighted by molar-refractivity contribution is 0.660. The fraction of sp³-hybridized carbons (Fsp3) is 0.0690. The van der Waals surface area contributed by atoms with Crippen molar-refractivity contribution in [2.45, 2.75) is 24.7 Å². The molecular formula is C58H44N2. The zero-order valence-electron chi connectivity index (χ0n) is 33.8. The normalized spacial score (nSPS) is 13.0. The number of aromatic nitrogens is 1. The van der Waals surface area contributed by atoms with Crippen molar-refractivity contribution in [1.82, 2.24) is 4.57 Å². The Kier molecular flexibility index (Phi) is 8.42. The minimum Gasteiger partial charge on any atom is -0.310 e. The van der Waals surface area contributed by atoms with Crippen molar-refractivity contribution in [2.24, 2.45) is 0 Å². The highest BCUT2D eigenvalue weighted by molar-refractivity contribution is 6.10. The first-order valence-corrected chi connectivity index (χ1v) is 20.9. The molecule has 11 rings (SSSR count). The second-order valence-corrected chi connectivity index (χ2v) is 16.5. The molecule has 1 aromatic heterocycles. The molecule has 0 amide bonds. The van der Waals surface area contributed by atoms with Gasteiger partial charge in [-0.05, 0) is 99.1 Å². The topological polar surface area (TPSA) is 8.17 Å². The molecule has 1 aliphatic carbocycles. The molecule has 0 radical (unpaired) electrons. The molecule has 286 valence electrons. The van der Waals surface area contributed by atoms with Crippen LogP contribution in [0.5, 0.6) is 0 Å². The number of para-hydroxylation sites is 2. The Balaban J connectivity index is 1.14. The Bertz CT molecular complexity index is 3050. The highest BCUT2D eigenvalue weighted by Gasteiger charge is 2.39. The van der Waals surface area contributed by atoms with Gasteiger partial charge in [0.25, 0.3) is 0 Å². The van der Waals surface area contributed by atoms with Crippen molar-refractivity contribution in [2.75, 3.05) is 4.90 Å². The number of fused-ring (bicyclic) bond motifs is 6. The Morgan fingerprint density at radius 1 is 0.367 bits per heavy atom.